The predicted molar refractivity (Wildman–Crippen MR) is 68.5 cm³/mol. The highest BCUT2D eigenvalue weighted by atomic mass is 16.6. The van der Waals surface area contributed by atoms with E-state index in [1.807, 2.05) is 23.6 Å². The minimum absolute atomic E-state index is 0.0639. The van der Waals surface area contributed by atoms with Crippen LogP contribution in [0.15, 0.2) is 30.3 Å². The number of carbonyl (C=O) groups excluding carboxylic acids is 1. The van der Waals surface area contributed by atoms with Gasteiger partial charge in [0.15, 0.2) is 0 Å². The molecule has 0 aromatic heterocycles. The first-order valence-corrected chi connectivity index (χ1v) is 6.21. The van der Waals surface area contributed by atoms with Crippen molar-refractivity contribution >= 4 is 6.09 Å². The van der Waals surface area contributed by atoms with Gasteiger partial charge in [-0.25, -0.2) is 10.6 Å². The second kappa shape index (κ2) is 6.37. The summed E-state index contributed by atoms with van der Waals surface area (Å²) in [4.78, 5) is 13.4. The zero-order chi connectivity index (χ0) is 12.8. The number of hydrogen-bond acceptors (Lipinski definition) is 4. The Kier molecular flexibility index (Phi) is 4.55. The summed E-state index contributed by atoms with van der Waals surface area (Å²) in [5.74, 6) is 5.01. The van der Waals surface area contributed by atoms with Crippen LogP contribution >= 0.6 is 0 Å². The van der Waals surface area contributed by atoms with Crippen molar-refractivity contribution in [3.63, 3.8) is 0 Å². The Balaban J connectivity index is 1.85. The van der Waals surface area contributed by atoms with Gasteiger partial charge in [-0.15, -0.1) is 0 Å². The van der Waals surface area contributed by atoms with Crippen molar-refractivity contribution < 1.29 is 9.53 Å². The molecule has 1 heterocycles. The van der Waals surface area contributed by atoms with Crippen molar-refractivity contribution in [1.29, 1.82) is 0 Å². The molecular weight excluding hydrogens is 230 g/mol. The van der Waals surface area contributed by atoms with E-state index in [9.17, 15) is 4.79 Å². The van der Waals surface area contributed by atoms with Crippen LogP contribution in [0, 0.1) is 0 Å². The Morgan fingerprint density at radius 2 is 2.22 bits per heavy atom. The van der Waals surface area contributed by atoms with Gasteiger partial charge in [-0.1, -0.05) is 30.3 Å². The van der Waals surface area contributed by atoms with Crippen LogP contribution in [0.2, 0.25) is 0 Å². The van der Waals surface area contributed by atoms with E-state index in [1.165, 1.54) is 5.56 Å². The third-order valence-corrected chi connectivity index (χ3v) is 3.10. The molecule has 0 saturated carbocycles. The van der Waals surface area contributed by atoms with Crippen LogP contribution in [0.3, 0.4) is 0 Å². The lowest BCUT2D eigenvalue weighted by atomic mass is 10.1. The van der Waals surface area contributed by atoms with Crippen LogP contribution in [0.5, 0.6) is 0 Å². The number of nitrogens with two attached hydrogens (primary N) is 1. The van der Waals surface area contributed by atoms with Gasteiger partial charge in [-0.3, -0.25) is 10.3 Å². The molecule has 0 spiro atoms. The summed E-state index contributed by atoms with van der Waals surface area (Å²) in [6.07, 6.45) is 1.32. The van der Waals surface area contributed by atoms with E-state index >= 15 is 0 Å². The molecule has 0 radical (unpaired) electrons. The first kappa shape index (κ1) is 12.9. The summed E-state index contributed by atoms with van der Waals surface area (Å²) >= 11 is 0. The molecule has 1 amide bonds. The molecular formula is C13H19N3O2. The lowest BCUT2D eigenvalue weighted by Gasteiger charge is -2.32. The minimum Gasteiger partial charge on any atom is -0.444 e. The van der Waals surface area contributed by atoms with Gasteiger partial charge < -0.3 is 4.74 Å². The van der Waals surface area contributed by atoms with E-state index in [1.54, 1.807) is 0 Å². The van der Waals surface area contributed by atoms with E-state index < -0.39 is 6.09 Å². The Hall–Kier alpha value is -1.59. The molecule has 1 aromatic rings. The fraction of sp³-hybridized carbons (Fsp3) is 0.462. The maximum Gasteiger partial charge on any atom is 0.421 e. The summed E-state index contributed by atoms with van der Waals surface area (Å²) < 4.78 is 5.19. The highest BCUT2D eigenvalue weighted by molar-refractivity contribution is 5.66. The average molecular weight is 249 g/mol. The number of carbonyl (C=O) groups is 1. The van der Waals surface area contributed by atoms with Crippen LogP contribution < -0.4 is 11.3 Å². The third-order valence-electron chi connectivity index (χ3n) is 3.10. The monoisotopic (exact) mass is 249 g/mol. The fourth-order valence-corrected chi connectivity index (χ4v) is 2.28. The zero-order valence-corrected chi connectivity index (χ0v) is 10.3. The van der Waals surface area contributed by atoms with Crippen molar-refractivity contribution in [2.45, 2.75) is 25.5 Å². The molecule has 1 saturated heterocycles. The number of hydrogen-bond donors (Lipinski definition) is 2. The molecule has 3 N–H and O–H groups in total. The number of ether oxygens (including phenoxy) is 1. The molecule has 1 aliphatic rings. The lowest BCUT2D eigenvalue weighted by molar-refractivity contribution is 0.0398. The normalized spacial score (nSPS) is 20.4. The molecule has 98 valence electrons. The number of likely N-dealkylation sites (tertiary alicyclic amines) is 1. The highest BCUT2D eigenvalue weighted by Gasteiger charge is 2.22. The van der Waals surface area contributed by atoms with Gasteiger partial charge in [0.1, 0.15) is 6.10 Å². The smallest absolute Gasteiger partial charge is 0.421 e. The molecule has 1 aromatic carbocycles. The molecule has 2 rings (SSSR count). The second-order valence-corrected chi connectivity index (χ2v) is 4.53. The molecule has 1 aliphatic heterocycles. The maximum absolute atomic E-state index is 11.1. The van der Waals surface area contributed by atoms with Crippen LogP contribution in [-0.4, -0.2) is 30.2 Å². The largest absolute Gasteiger partial charge is 0.444 e. The van der Waals surface area contributed by atoms with Crippen LogP contribution in [-0.2, 0) is 11.3 Å². The highest BCUT2D eigenvalue weighted by Crippen LogP contribution is 2.15. The topological polar surface area (TPSA) is 67.6 Å². The summed E-state index contributed by atoms with van der Waals surface area (Å²) in [6, 6.07) is 10.3. The van der Waals surface area contributed by atoms with E-state index in [4.69, 9.17) is 10.6 Å². The molecule has 0 bridgehead atoms. The average Bonchev–Trinajstić information content (AvgIpc) is 2.40. The van der Waals surface area contributed by atoms with Crippen LogP contribution in [0.1, 0.15) is 18.4 Å². The first-order chi connectivity index (χ1) is 8.78. The summed E-state index contributed by atoms with van der Waals surface area (Å²) in [5, 5.41) is 0. The summed E-state index contributed by atoms with van der Waals surface area (Å²) in [7, 11) is 0. The quantitative estimate of drug-likeness (QED) is 0.480. The van der Waals surface area contributed by atoms with Gasteiger partial charge in [0.05, 0.1) is 0 Å². The summed E-state index contributed by atoms with van der Waals surface area (Å²) in [5.41, 5.74) is 3.28. The molecule has 5 nitrogen and oxygen atoms in total. The van der Waals surface area contributed by atoms with Gasteiger partial charge in [-0.2, -0.15) is 0 Å². The molecule has 1 atom stereocenters. The molecule has 1 unspecified atom stereocenters. The molecule has 5 heteroatoms. The number of hydrazine groups is 1. The standard InChI is InChI=1S/C13H19N3O2/c14-15-13(17)18-12-7-4-8-16(10-12)9-11-5-2-1-3-6-11/h1-3,5-6,12H,4,7-10,14H2,(H,15,17). The van der Waals surface area contributed by atoms with E-state index in [0.717, 1.165) is 32.5 Å². The number of piperidine rings is 1. The van der Waals surface area contributed by atoms with Crippen LogP contribution in [0.25, 0.3) is 0 Å². The number of benzene rings is 1. The number of rotatable bonds is 3. The van der Waals surface area contributed by atoms with Crippen molar-refractivity contribution in [2.24, 2.45) is 5.84 Å². The zero-order valence-electron chi connectivity index (χ0n) is 10.3. The summed E-state index contributed by atoms with van der Waals surface area (Å²) in [6.45, 7) is 2.70. The van der Waals surface area contributed by atoms with Gasteiger partial charge >= 0.3 is 6.09 Å². The van der Waals surface area contributed by atoms with Gasteiger partial charge in [-0.05, 0) is 24.9 Å². The van der Waals surface area contributed by atoms with Crippen molar-refractivity contribution in [3.8, 4) is 0 Å². The van der Waals surface area contributed by atoms with E-state index in [2.05, 4.69) is 17.0 Å². The number of amides is 1. The van der Waals surface area contributed by atoms with E-state index in [-0.39, 0.29) is 6.10 Å². The molecule has 0 aliphatic carbocycles. The SMILES string of the molecule is NNC(=O)OC1CCCN(Cc2ccccc2)C1. The second-order valence-electron chi connectivity index (χ2n) is 4.53. The Bertz CT molecular complexity index is 383. The Labute approximate surface area is 107 Å². The van der Waals surface area contributed by atoms with E-state index in [0.29, 0.717) is 0 Å². The minimum atomic E-state index is -0.554. The van der Waals surface area contributed by atoms with Gasteiger partial charge in [0.25, 0.3) is 0 Å². The van der Waals surface area contributed by atoms with Crippen molar-refractivity contribution in [2.75, 3.05) is 13.1 Å². The number of nitrogens with zero attached hydrogens (tertiary/aromatic N) is 1. The Morgan fingerprint density at radius 3 is 2.94 bits per heavy atom. The predicted octanol–water partition coefficient (Wildman–Crippen LogP) is 1.25. The lowest BCUT2D eigenvalue weighted by Crippen LogP contribution is -2.42. The van der Waals surface area contributed by atoms with Gasteiger partial charge in [0, 0.05) is 13.1 Å². The Morgan fingerprint density at radius 1 is 1.44 bits per heavy atom. The number of nitrogens with one attached hydrogen (secondary N) is 1. The van der Waals surface area contributed by atoms with Crippen molar-refractivity contribution in [1.82, 2.24) is 10.3 Å². The molecule has 18 heavy (non-hydrogen) atoms. The van der Waals surface area contributed by atoms with Gasteiger partial charge in [0.2, 0.25) is 0 Å². The third kappa shape index (κ3) is 3.72. The van der Waals surface area contributed by atoms with Crippen molar-refractivity contribution in [3.05, 3.63) is 35.9 Å². The molecule has 1 fully saturated rings. The fourth-order valence-electron chi connectivity index (χ4n) is 2.28. The van der Waals surface area contributed by atoms with Crippen LogP contribution in [0.4, 0.5) is 4.79 Å². The first-order valence-electron chi connectivity index (χ1n) is 6.21. The maximum atomic E-state index is 11.1.